The Morgan fingerprint density at radius 3 is 2.73 bits per heavy atom. The first kappa shape index (κ1) is 14.9. The van der Waals surface area contributed by atoms with Crippen LogP contribution >= 0.6 is 0 Å². The molecule has 0 bridgehead atoms. The minimum atomic E-state index is -3.40. The third-order valence-electron chi connectivity index (χ3n) is 3.81. The summed E-state index contributed by atoms with van der Waals surface area (Å²) in [5, 5.41) is 8.99. The first-order valence-electron chi connectivity index (χ1n) is 7.15. The van der Waals surface area contributed by atoms with Crippen LogP contribution in [0.5, 0.6) is 0 Å². The summed E-state index contributed by atoms with van der Waals surface area (Å²) in [6.07, 6.45) is 5.76. The predicted octanol–water partition coefficient (Wildman–Crippen LogP) is 1.83. The Labute approximate surface area is 130 Å². The number of aromatic nitrogens is 3. The summed E-state index contributed by atoms with van der Waals surface area (Å²) in [5.41, 5.74) is 2.02. The van der Waals surface area contributed by atoms with Crippen LogP contribution in [0.1, 0.15) is 23.6 Å². The lowest BCUT2D eigenvalue weighted by Crippen LogP contribution is -2.27. The Kier molecular flexibility index (Phi) is 4.08. The SMILES string of the molecule is Cc1ccc(/C=C/S(=O)(=O)N2CC[C@@H](n3ccnn3)C2)cc1. The minimum absolute atomic E-state index is 0.0602. The van der Waals surface area contributed by atoms with Crippen molar-refractivity contribution in [1.29, 1.82) is 0 Å². The van der Waals surface area contributed by atoms with Crippen LogP contribution in [0.3, 0.4) is 0 Å². The molecule has 0 unspecified atom stereocenters. The predicted molar refractivity (Wildman–Crippen MR) is 84.4 cm³/mol. The van der Waals surface area contributed by atoms with E-state index in [-0.39, 0.29) is 6.04 Å². The van der Waals surface area contributed by atoms with Crippen molar-refractivity contribution in [1.82, 2.24) is 19.3 Å². The van der Waals surface area contributed by atoms with E-state index in [0.717, 1.165) is 17.5 Å². The molecule has 1 aliphatic heterocycles. The molecular formula is C15H18N4O2S. The number of benzene rings is 1. The van der Waals surface area contributed by atoms with Gasteiger partial charge in [0.1, 0.15) is 0 Å². The maximum Gasteiger partial charge on any atom is 0.236 e. The first-order chi connectivity index (χ1) is 10.5. The van der Waals surface area contributed by atoms with Gasteiger partial charge in [0, 0.05) is 24.7 Å². The molecule has 0 saturated carbocycles. The Balaban J connectivity index is 1.70. The minimum Gasteiger partial charge on any atom is -0.248 e. The second kappa shape index (κ2) is 6.02. The van der Waals surface area contributed by atoms with E-state index in [4.69, 9.17) is 0 Å². The van der Waals surface area contributed by atoms with Crippen LogP contribution < -0.4 is 0 Å². The molecule has 3 rings (SSSR count). The lowest BCUT2D eigenvalue weighted by Gasteiger charge is -2.13. The van der Waals surface area contributed by atoms with Gasteiger partial charge in [-0.25, -0.2) is 13.1 Å². The number of aryl methyl sites for hydroxylation is 1. The normalized spacial score (nSPS) is 20.0. The van der Waals surface area contributed by atoms with Crippen molar-refractivity contribution in [2.24, 2.45) is 0 Å². The molecule has 2 aromatic rings. The second-order valence-electron chi connectivity index (χ2n) is 5.44. The molecular weight excluding hydrogens is 300 g/mol. The maximum atomic E-state index is 12.4. The number of hydrogen-bond donors (Lipinski definition) is 0. The molecule has 6 nitrogen and oxygen atoms in total. The van der Waals surface area contributed by atoms with E-state index in [1.54, 1.807) is 23.2 Å². The summed E-state index contributed by atoms with van der Waals surface area (Å²) < 4.78 is 28.0. The molecule has 22 heavy (non-hydrogen) atoms. The van der Waals surface area contributed by atoms with E-state index in [9.17, 15) is 8.42 Å². The molecule has 0 aliphatic carbocycles. The zero-order chi connectivity index (χ0) is 15.6. The van der Waals surface area contributed by atoms with Crippen molar-refractivity contribution >= 4 is 16.1 Å². The van der Waals surface area contributed by atoms with Gasteiger partial charge in [-0.1, -0.05) is 35.0 Å². The van der Waals surface area contributed by atoms with Crippen molar-refractivity contribution < 1.29 is 8.42 Å². The Morgan fingerprint density at radius 2 is 2.05 bits per heavy atom. The van der Waals surface area contributed by atoms with Crippen LogP contribution in [0.2, 0.25) is 0 Å². The molecule has 0 N–H and O–H groups in total. The van der Waals surface area contributed by atoms with Gasteiger partial charge in [0.25, 0.3) is 0 Å². The van der Waals surface area contributed by atoms with Gasteiger partial charge >= 0.3 is 0 Å². The van der Waals surface area contributed by atoms with Crippen molar-refractivity contribution in [3.05, 3.63) is 53.2 Å². The fraction of sp³-hybridized carbons (Fsp3) is 0.333. The Morgan fingerprint density at radius 1 is 1.27 bits per heavy atom. The summed E-state index contributed by atoms with van der Waals surface area (Å²) in [6.45, 7) is 2.94. The van der Waals surface area contributed by atoms with E-state index in [2.05, 4.69) is 10.3 Å². The van der Waals surface area contributed by atoms with Gasteiger partial charge in [-0.3, -0.25) is 0 Å². The summed E-state index contributed by atoms with van der Waals surface area (Å²) in [7, 11) is -3.40. The van der Waals surface area contributed by atoms with E-state index in [0.29, 0.717) is 13.1 Å². The highest BCUT2D eigenvalue weighted by Crippen LogP contribution is 2.23. The fourth-order valence-electron chi connectivity index (χ4n) is 2.50. The molecule has 0 radical (unpaired) electrons. The van der Waals surface area contributed by atoms with Gasteiger partial charge in [0.15, 0.2) is 0 Å². The second-order valence-corrected chi connectivity index (χ2v) is 7.26. The molecule has 2 heterocycles. The number of rotatable bonds is 4. The number of sulfonamides is 1. The number of nitrogens with zero attached hydrogens (tertiary/aromatic N) is 4. The van der Waals surface area contributed by atoms with Crippen LogP contribution in [0.25, 0.3) is 6.08 Å². The lowest BCUT2D eigenvalue weighted by atomic mass is 10.2. The van der Waals surface area contributed by atoms with Gasteiger partial charge in [-0.05, 0) is 25.0 Å². The molecule has 1 aromatic carbocycles. The lowest BCUT2D eigenvalue weighted by molar-refractivity contribution is 0.432. The van der Waals surface area contributed by atoms with Gasteiger partial charge in [0.05, 0.1) is 12.2 Å². The monoisotopic (exact) mass is 318 g/mol. The molecule has 1 saturated heterocycles. The Bertz CT molecular complexity index is 751. The molecule has 0 amide bonds. The van der Waals surface area contributed by atoms with Gasteiger partial charge in [-0.2, -0.15) is 4.31 Å². The summed E-state index contributed by atoms with van der Waals surface area (Å²) in [5.74, 6) is 0. The van der Waals surface area contributed by atoms with Crippen LogP contribution in [0.15, 0.2) is 42.1 Å². The fourth-order valence-corrected chi connectivity index (χ4v) is 3.74. The van der Waals surface area contributed by atoms with E-state index >= 15 is 0 Å². The van der Waals surface area contributed by atoms with Crippen LogP contribution in [0, 0.1) is 6.92 Å². The maximum absolute atomic E-state index is 12.4. The summed E-state index contributed by atoms with van der Waals surface area (Å²) in [4.78, 5) is 0. The quantitative estimate of drug-likeness (QED) is 0.862. The third-order valence-corrected chi connectivity index (χ3v) is 5.34. The van der Waals surface area contributed by atoms with Crippen molar-refractivity contribution in [2.45, 2.75) is 19.4 Å². The van der Waals surface area contributed by atoms with Crippen LogP contribution in [-0.2, 0) is 10.0 Å². The number of hydrogen-bond acceptors (Lipinski definition) is 4. The highest BCUT2D eigenvalue weighted by molar-refractivity contribution is 7.92. The average molecular weight is 318 g/mol. The van der Waals surface area contributed by atoms with Crippen molar-refractivity contribution in [3.8, 4) is 0 Å². The molecule has 0 spiro atoms. The van der Waals surface area contributed by atoms with E-state index in [1.807, 2.05) is 31.2 Å². The summed E-state index contributed by atoms with van der Waals surface area (Å²) in [6, 6.07) is 7.80. The third kappa shape index (κ3) is 3.26. The topological polar surface area (TPSA) is 68.1 Å². The molecule has 1 aliphatic rings. The molecule has 7 heteroatoms. The van der Waals surface area contributed by atoms with E-state index < -0.39 is 10.0 Å². The highest BCUT2D eigenvalue weighted by Gasteiger charge is 2.31. The Hall–Kier alpha value is -1.99. The van der Waals surface area contributed by atoms with Crippen molar-refractivity contribution in [3.63, 3.8) is 0 Å². The van der Waals surface area contributed by atoms with Gasteiger partial charge < -0.3 is 0 Å². The smallest absolute Gasteiger partial charge is 0.236 e. The van der Waals surface area contributed by atoms with Gasteiger partial charge in [0.2, 0.25) is 10.0 Å². The highest BCUT2D eigenvalue weighted by atomic mass is 32.2. The van der Waals surface area contributed by atoms with Crippen LogP contribution in [0.4, 0.5) is 0 Å². The van der Waals surface area contributed by atoms with Gasteiger partial charge in [-0.15, -0.1) is 5.10 Å². The largest absolute Gasteiger partial charge is 0.248 e. The zero-order valence-electron chi connectivity index (χ0n) is 12.3. The van der Waals surface area contributed by atoms with Crippen LogP contribution in [-0.4, -0.2) is 40.8 Å². The molecule has 1 fully saturated rings. The van der Waals surface area contributed by atoms with Crippen molar-refractivity contribution in [2.75, 3.05) is 13.1 Å². The average Bonchev–Trinajstić information content (AvgIpc) is 3.18. The summed E-state index contributed by atoms with van der Waals surface area (Å²) >= 11 is 0. The zero-order valence-corrected chi connectivity index (χ0v) is 13.1. The molecule has 1 atom stereocenters. The van der Waals surface area contributed by atoms with E-state index in [1.165, 1.54) is 9.71 Å². The standard InChI is InChI=1S/C15H18N4O2S/c1-13-2-4-14(5-3-13)7-11-22(20,21)18-9-6-15(12-18)19-10-8-16-17-19/h2-5,7-8,10-11,15H,6,9,12H2,1H3/b11-7+/t15-/m1/s1. The molecule has 1 aromatic heterocycles. The molecule has 116 valence electrons. The first-order valence-corrected chi connectivity index (χ1v) is 8.66.